The Morgan fingerprint density at radius 1 is 0.800 bits per heavy atom. The predicted octanol–water partition coefficient (Wildman–Crippen LogP) is 9.86. The summed E-state index contributed by atoms with van der Waals surface area (Å²) in [5.74, 6) is 1.11. The van der Waals surface area contributed by atoms with E-state index < -0.39 is 6.36 Å². The normalized spacial score (nSPS) is 18.7. The largest absolute Gasteiger partial charge is 0.573 e. The molecule has 0 radical (unpaired) electrons. The van der Waals surface area contributed by atoms with E-state index in [0.29, 0.717) is 16.5 Å². The van der Waals surface area contributed by atoms with Gasteiger partial charge >= 0.3 is 6.36 Å². The summed E-state index contributed by atoms with van der Waals surface area (Å²) in [4.78, 5) is 0. The molecule has 1 aliphatic carbocycles. The van der Waals surface area contributed by atoms with E-state index in [1.165, 1.54) is 63.5 Å². The lowest BCUT2D eigenvalue weighted by Gasteiger charge is -2.28. The van der Waals surface area contributed by atoms with Gasteiger partial charge in [-0.25, -0.2) is 4.39 Å². The zero-order valence-corrected chi connectivity index (χ0v) is 20.3. The van der Waals surface area contributed by atoms with E-state index in [-0.39, 0.29) is 11.6 Å². The van der Waals surface area contributed by atoms with E-state index in [2.05, 4.69) is 11.7 Å². The monoisotopic (exact) mass is 486 g/mol. The molecule has 0 bridgehead atoms. The first-order chi connectivity index (χ1) is 16.8. The highest BCUT2D eigenvalue weighted by molar-refractivity contribution is 5.88. The number of ether oxygens (including phenoxy) is 1. The van der Waals surface area contributed by atoms with Crippen LogP contribution >= 0.6 is 0 Å². The number of halogens is 4. The fourth-order valence-corrected chi connectivity index (χ4v) is 5.40. The predicted molar refractivity (Wildman–Crippen MR) is 134 cm³/mol. The van der Waals surface area contributed by atoms with Crippen LogP contribution in [0, 0.1) is 17.7 Å². The fraction of sp³-hybridized carbons (Fsp3) is 0.467. The Morgan fingerprint density at radius 2 is 1.49 bits per heavy atom. The molecule has 1 nitrogen and oxygen atoms in total. The third-order valence-corrected chi connectivity index (χ3v) is 7.41. The van der Waals surface area contributed by atoms with Gasteiger partial charge in [-0.15, -0.1) is 13.2 Å². The van der Waals surface area contributed by atoms with E-state index in [1.807, 2.05) is 12.1 Å². The van der Waals surface area contributed by atoms with Gasteiger partial charge in [-0.05, 0) is 70.8 Å². The molecule has 4 rings (SSSR count). The fourth-order valence-electron chi connectivity index (χ4n) is 5.40. The van der Waals surface area contributed by atoms with Crippen LogP contribution < -0.4 is 4.74 Å². The van der Waals surface area contributed by atoms with Gasteiger partial charge in [0.25, 0.3) is 0 Å². The van der Waals surface area contributed by atoms with Gasteiger partial charge in [-0.3, -0.25) is 0 Å². The standard InChI is InChI=1S/C30H34F4O/c1-2-3-4-5-21-6-8-22(9-7-21)10-11-23-12-17-28(29(31)18-23)26-14-13-25-20-27(35-30(32,33)34)16-15-24(25)19-26/h12-22H,2-11H2,1H3/t21-,22-. The van der Waals surface area contributed by atoms with Crippen LogP contribution in [0.4, 0.5) is 17.6 Å². The third-order valence-electron chi connectivity index (χ3n) is 7.41. The Labute approximate surface area is 205 Å². The van der Waals surface area contributed by atoms with Crippen LogP contribution in [-0.4, -0.2) is 6.36 Å². The van der Waals surface area contributed by atoms with E-state index in [0.717, 1.165) is 35.6 Å². The number of hydrogen-bond acceptors (Lipinski definition) is 1. The van der Waals surface area contributed by atoms with Crippen molar-refractivity contribution in [2.75, 3.05) is 0 Å². The van der Waals surface area contributed by atoms with Crippen molar-refractivity contribution in [3.8, 4) is 16.9 Å². The minimum Gasteiger partial charge on any atom is -0.406 e. The molecule has 0 atom stereocenters. The summed E-state index contributed by atoms with van der Waals surface area (Å²) in [7, 11) is 0. The van der Waals surface area contributed by atoms with E-state index >= 15 is 4.39 Å². The quantitative estimate of drug-likeness (QED) is 0.216. The van der Waals surface area contributed by atoms with Crippen molar-refractivity contribution >= 4 is 10.8 Å². The molecule has 0 spiro atoms. The second-order valence-electron chi connectivity index (χ2n) is 10.0. The minimum atomic E-state index is -4.73. The van der Waals surface area contributed by atoms with Gasteiger partial charge in [0.05, 0.1) is 0 Å². The molecule has 5 heteroatoms. The molecule has 0 aliphatic heterocycles. The van der Waals surface area contributed by atoms with E-state index in [4.69, 9.17) is 0 Å². The van der Waals surface area contributed by atoms with Gasteiger partial charge in [0, 0.05) is 5.56 Å². The number of rotatable bonds is 9. The van der Waals surface area contributed by atoms with Crippen LogP contribution in [0.15, 0.2) is 54.6 Å². The molecule has 1 aliphatic rings. The molecular weight excluding hydrogens is 452 g/mol. The number of fused-ring (bicyclic) bond motifs is 1. The lowest BCUT2D eigenvalue weighted by atomic mass is 9.78. The first-order valence-electron chi connectivity index (χ1n) is 12.9. The van der Waals surface area contributed by atoms with Crippen LogP contribution in [0.2, 0.25) is 0 Å². The minimum absolute atomic E-state index is 0.265. The van der Waals surface area contributed by atoms with Crippen molar-refractivity contribution in [3.63, 3.8) is 0 Å². The van der Waals surface area contributed by atoms with Gasteiger partial charge in [-0.1, -0.05) is 88.6 Å². The summed E-state index contributed by atoms with van der Waals surface area (Å²) in [5.41, 5.74) is 2.22. The number of hydrogen-bond donors (Lipinski definition) is 0. The van der Waals surface area contributed by atoms with Gasteiger partial charge < -0.3 is 4.74 Å². The van der Waals surface area contributed by atoms with Crippen LogP contribution in [-0.2, 0) is 6.42 Å². The lowest BCUT2D eigenvalue weighted by molar-refractivity contribution is -0.274. The van der Waals surface area contributed by atoms with E-state index in [9.17, 15) is 13.2 Å². The maximum Gasteiger partial charge on any atom is 0.573 e. The number of aryl methyl sites for hydroxylation is 1. The molecule has 1 fully saturated rings. The number of alkyl halides is 3. The van der Waals surface area contributed by atoms with Crippen molar-refractivity contribution in [3.05, 3.63) is 66.0 Å². The summed E-state index contributed by atoms with van der Waals surface area (Å²) in [6, 6.07) is 14.8. The van der Waals surface area contributed by atoms with Gasteiger partial charge in [0.2, 0.25) is 0 Å². The smallest absolute Gasteiger partial charge is 0.406 e. The highest BCUT2D eigenvalue weighted by atomic mass is 19.4. The summed E-state index contributed by atoms with van der Waals surface area (Å²) in [6.45, 7) is 2.25. The van der Waals surface area contributed by atoms with E-state index in [1.54, 1.807) is 30.3 Å². The maximum absolute atomic E-state index is 15.0. The lowest BCUT2D eigenvalue weighted by Crippen LogP contribution is -2.16. The molecule has 3 aromatic carbocycles. The summed E-state index contributed by atoms with van der Waals surface area (Å²) >= 11 is 0. The Hall–Kier alpha value is -2.56. The number of benzene rings is 3. The average Bonchev–Trinajstić information content (AvgIpc) is 2.82. The molecule has 0 aromatic heterocycles. The first kappa shape index (κ1) is 25.5. The Kier molecular flexibility index (Phi) is 8.35. The first-order valence-corrected chi connectivity index (χ1v) is 12.9. The molecule has 1 saturated carbocycles. The summed E-state index contributed by atoms with van der Waals surface area (Å²) in [6.07, 6.45) is 7.92. The topological polar surface area (TPSA) is 9.23 Å². The van der Waals surface area contributed by atoms with Crippen LogP contribution in [0.3, 0.4) is 0 Å². The Morgan fingerprint density at radius 3 is 2.17 bits per heavy atom. The molecule has 3 aromatic rings. The highest BCUT2D eigenvalue weighted by Crippen LogP contribution is 2.35. The zero-order valence-electron chi connectivity index (χ0n) is 20.3. The third kappa shape index (κ3) is 7.22. The second kappa shape index (κ2) is 11.5. The van der Waals surface area contributed by atoms with Gasteiger partial charge in [0.1, 0.15) is 11.6 Å². The molecule has 0 saturated heterocycles. The van der Waals surface area contributed by atoms with Crippen molar-refractivity contribution in [2.45, 2.75) is 77.5 Å². The summed E-state index contributed by atoms with van der Waals surface area (Å²) in [5, 5.41) is 1.33. The molecule has 0 unspecified atom stereocenters. The van der Waals surface area contributed by atoms with Gasteiger partial charge in [-0.2, -0.15) is 0 Å². The molecule has 0 amide bonds. The van der Waals surface area contributed by atoms with Crippen LogP contribution in [0.5, 0.6) is 5.75 Å². The van der Waals surface area contributed by atoms with Crippen LogP contribution in [0.1, 0.15) is 70.3 Å². The molecule has 0 N–H and O–H groups in total. The van der Waals surface area contributed by atoms with Crippen LogP contribution in [0.25, 0.3) is 21.9 Å². The highest BCUT2D eigenvalue weighted by Gasteiger charge is 2.31. The SMILES string of the molecule is CCCCC[C@H]1CC[C@H](CCc2ccc(-c3ccc4cc(OC(F)(F)F)ccc4c3)c(F)c2)CC1. The zero-order chi connectivity index (χ0) is 24.8. The number of unbranched alkanes of at least 4 members (excludes halogenated alkanes) is 2. The molecule has 188 valence electrons. The Bertz CT molecular complexity index is 1110. The maximum atomic E-state index is 15.0. The van der Waals surface area contributed by atoms with Crippen molar-refractivity contribution in [1.82, 2.24) is 0 Å². The summed E-state index contributed by atoms with van der Waals surface area (Å²) < 4.78 is 56.4. The van der Waals surface area contributed by atoms with Gasteiger partial charge in [0.15, 0.2) is 0 Å². The molecular formula is C30H34F4O. The average molecular weight is 487 g/mol. The molecule has 35 heavy (non-hydrogen) atoms. The Balaban J connectivity index is 1.35. The van der Waals surface area contributed by atoms with Crippen molar-refractivity contribution < 1.29 is 22.3 Å². The van der Waals surface area contributed by atoms with Crippen molar-refractivity contribution in [2.24, 2.45) is 11.8 Å². The molecule has 0 heterocycles. The second-order valence-corrected chi connectivity index (χ2v) is 10.0. The van der Waals surface area contributed by atoms with Crippen molar-refractivity contribution in [1.29, 1.82) is 0 Å².